The number of hydrogen-bond acceptors (Lipinski definition) is 10. The van der Waals surface area contributed by atoms with E-state index < -0.39 is 23.9 Å². The lowest BCUT2D eigenvalue weighted by Gasteiger charge is -2.27. The van der Waals surface area contributed by atoms with Crippen LogP contribution in [0.4, 0.5) is 25.5 Å². The molecule has 1 unspecified atom stereocenters. The predicted octanol–water partition coefficient (Wildman–Crippen LogP) is 4.38. The second kappa shape index (κ2) is 9.75. The molecular formula is C27H23F2N7O3S. The Balaban J connectivity index is 1.21. The Morgan fingerprint density at radius 3 is 2.58 bits per heavy atom. The van der Waals surface area contributed by atoms with Crippen LogP contribution in [0.3, 0.4) is 0 Å². The molecule has 2 aromatic carbocycles. The maximum atomic E-state index is 13.9. The smallest absolute Gasteiger partial charge is 0.317 e. The Morgan fingerprint density at radius 2 is 1.80 bits per heavy atom. The lowest BCUT2D eigenvalue weighted by Crippen LogP contribution is -2.36. The molecule has 1 amide bonds. The molecule has 204 valence electrons. The number of fused-ring (bicyclic) bond motifs is 1. The number of para-hydroxylation sites is 1. The van der Waals surface area contributed by atoms with E-state index >= 15 is 0 Å². The first-order valence-corrected chi connectivity index (χ1v) is 13.6. The van der Waals surface area contributed by atoms with Crippen molar-refractivity contribution >= 4 is 39.7 Å². The van der Waals surface area contributed by atoms with Gasteiger partial charge in [-0.25, -0.2) is 18.8 Å². The van der Waals surface area contributed by atoms with Gasteiger partial charge in [0.1, 0.15) is 10.0 Å². The molecule has 0 bridgehead atoms. The molecule has 10 nitrogen and oxygen atoms in total. The van der Waals surface area contributed by atoms with Crippen molar-refractivity contribution in [1.82, 2.24) is 15.2 Å². The van der Waals surface area contributed by atoms with Gasteiger partial charge in [0.25, 0.3) is 17.7 Å². The van der Waals surface area contributed by atoms with Crippen molar-refractivity contribution in [3.05, 3.63) is 70.7 Å². The average Bonchev–Trinajstić information content (AvgIpc) is 3.29. The molecule has 0 radical (unpaired) electrons. The van der Waals surface area contributed by atoms with E-state index in [4.69, 9.17) is 14.1 Å². The Bertz CT molecular complexity index is 1600. The molecule has 4 heterocycles. The van der Waals surface area contributed by atoms with Gasteiger partial charge >= 0.3 is 6.01 Å². The minimum absolute atomic E-state index is 0.0449. The third kappa shape index (κ3) is 4.60. The Morgan fingerprint density at radius 1 is 1.05 bits per heavy atom. The van der Waals surface area contributed by atoms with Crippen molar-refractivity contribution in [2.45, 2.75) is 24.4 Å². The van der Waals surface area contributed by atoms with Crippen LogP contribution in [0.5, 0.6) is 0 Å². The quantitative estimate of drug-likeness (QED) is 0.355. The van der Waals surface area contributed by atoms with Gasteiger partial charge in [0.05, 0.1) is 30.5 Å². The van der Waals surface area contributed by atoms with Crippen LogP contribution < -0.4 is 15.5 Å². The number of carbonyl (C=O) groups is 1. The van der Waals surface area contributed by atoms with Crippen LogP contribution in [0.1, 0.15) is 28.5 Å². The van der Waals surface area contributed by atoms with Crippen molar-refractivity contribution in [3.63, 3.8) is 0 Å². The van der Waals surface area contributed by atoms with Gasteiger partial charge in [0.15, 0.2) is 5.69 Å². The summed E-state index contributed by atoms with van der Waals surface area (Å²) in [5.41, 5.74) is 3.21. The summed E-state index contributed by atoms with van der Waals surface area (Å²) < 4.78 is 39.1. The van der Waals surface area contributed by atoms with E-state index in [0.717, 1.165) is 11.1 Å². The van der Waals surface area contributed by atoms with Crippen LogP contribution in [-0.4, -0.2) is 65.2 Å². The van der Waals surface area contributed by atoms with Crippen LogP contribution in [0.25, 0.3) is 11.6 Å². The number of benzene rings is 2. The summed E-state index contributed by atoms with van der Waals surface area (Å²) >= 11 is 1.22. The van der Waals surface area contributed by atoms with Gasteiger partial charge in [-0.1, -0.05) is 53.6 Å². The number of nitrogens with zero attached hydrogens (tertiary/aromatic N) is 5. The van der Waals surface area contributed by atoms with Crippen LogP contribution in [0.15, 0.2) is 64.0 Å². The van der Waals surface area contributed by atoms with Crippen LogP contribution in [0.2, 0.25) is 0 Å². The Kier molecular flexibility index (Phi) is 6.04. The molecule has 40 heavy (non-hydrogen) atoms. The molecule has 0 spiro atoms. The summed E-state index contributed by atoms with van der Waals surface area (Å²) in [6.45, 7) is 2.22. The number of halogens is 2. The molecule has 1 saturated carbocycles. The Hall–Kier alpha value is -4.23. The fraction of sp³-hybridized carbons (Fsp3) is 0.296. The first kappa shape index (κ1) is 24.8. The standard InChI is InChI=1S/C27H23F2N7O3S/c28-27(29)14-17(27)24-32-20(25(40-24)36-10-12-38-13-11-36)23-34-35-26(39-23)33-21-22(37)30-18-9-5-4-8-16(18)19(31-21)15-6-2-1-3-7-15/h1-9,17,21H,10-14H2,(H,30,37)(H,33,35)/t17?,21-/m1/s1. The van der Waals surface area contributed by atoms with Gasteiger partial charge in [-0.2, -0.15) is 0 Å². The number of carbonyl (C=O) groups excluding carboxylic acids is 1. The highest BCUT2D eigenvalue weighted by atomic mass is 32.1. The number of amides is 1. The Labute approximate surface area is 231 Å². The predicted molar refractivity (Wildman–Crippen MR) is 145 cm³/mol. The number of hydrogen-bond donors (Lipinski definition) is 2. The normalized spacial score (nSPS) is 21.7. The molecule has 7 rings (SSSR count). The van der Waals surface area contributed by atoms with Gasteiger partial charge in [-0.15, -0.1) is 16.4 Å². The maximum absolute atomic E-state index is 13.9. The first-order valence-electron chi connectivity index (χ1n) is 12.8. The number of aromatic nitrogens is 3. The maximum Gasteiger partial charge on any atom is 0.317 e. The zero-order chi connectivity index (χ0) is 27.3. The molecule has 2 aromatic heterocycles. The molecule has 1 aliphatic carbocycles. The number of aliphatic imine (C=N–C) groups is 1. The molecule has 2 atom stereocenters. The monoisotopic (exact) mass is 563 g/mol. The molecular weight excluding hydrogens is 540 g/mol. The summed E-state index contributed by atoms with van der Waals surface area (Å²) in [6, 6.07) is 16.9. The molecule has 3 aliphatic rings. The number of alkyl halides is 2. The van der Waals surface area contributed by atoms with Crippen molar-refractivity contribution in [1.29, 1.82) is 0 Å². The summed E-state index contributed by atoms with van der Waals surface area (Å²) in [5, 5.41) is 15.1. The van der Waals surface area contributed by atoms with Crippen molar-refractivity contribution < 1.29 is 22.7 Å². The number of nitrogens with one attached hydrogen (secondary N) is 2. The zero-order valence-corrected chi connectivity index (χ0v) is 21.8. The van der Waals surface area contributed by atoms with E-state index in [1.165, 1.54) is 11.3 Å². The third-order valence-electron chi connectivity index (χ3n) is 6.93. The summed E-state index contributed by atoms with van der Waals surface area (Å²) in [6.07, 6.45) is -1.30. The molecule has 2 aliphatic heterocycles. The van der Waals surface area contributed by atoms with Gasteiger partial charge in [-0.05, 0) is 6.07 Å². The molecule has 1 saturated heterocycles. The van der Waals surface area contributed by atoms with Gasteiger partial charge in [0, 0.05) is 30.6 Å². The lowest BCUT2D eigenvalue weighted by atomic mass is 10.0. The number of anilines is 3. The number of ether oxygens (including phenoxy) is 1. The summed E-state index contributed by atoms with van der Waals surface area (Å²) in [4.78, 5) is 24.4. The SMILES string of the molecule is O=C1Nc2ccccc2C(c2ccccc2)=N[C@@H]1Nc1nnc(-c2nc(C3CC3(F)F)sc2N2CCOCC2)o1. The van der Waals surface area contributed by atoms with Crippen LogP contribution in [0, 0.1) is 0 Å². The number of rotatable bonds is 6. The van der Waals surface area contributed by atoms with E-state index in [2.05, 4.69) is 25.8 Å². The summed E-state index contributed by atoms with van der Waals surface area (Å²) in [7, 11) is 0. The minimum atomic E-state index is -2.75. The van der Waals surface area contributed by atoms with Crippen molar-refractivity contribution in [2.75, 3.05) is 41.8 Å². The highest BCUT2D eigenvalue weighted by Gasteiger charge is 2.59. The van der Waals surface area contributed by atoms with E-state index in [-0.39, 0.29) is 18.3 Å². The highest BCUT2D eigenvalue weighted by Crippen LogP contribution is 2.58. The van der Waals surface area contributed by atoms with E-state index in [9.17, 15) is 13.6 Å². The first-order chi connectivity index (χ1) is 19.5. The topological polar surface area (TPSA) is 118 Å². The fourth-order valence-corrected chi connectivity index (χ4v) is 6.03. The van der Waals surface area contributed by atoms with E-state index in [1.807, 2.05) is 59.5 Å². The largest absolute Gasteiger partial charge is 0.402 e. The van der Waals surface area contributed by atoms with E-state index in [0.29, 0.717) is 53.4 Å². The molecule has 2 N–H and O–H groups in total. The second-order valence-electron chi connectivity index (χ2n) is 9.66. The third-order valence-corrected chi connectivity index (χ3v) is 8.16. The second-order valence-corrected chi connectivity index (χ2v) is 10.7. The lowest BCUT2D eigenvalue weighted by molar-refractivity contribution is -0.116. The summed E-state index contributed by atoms with van der Waals surface area (Å²) in [5.74, 6) is -3.99. The molecule has 4 aromatic rings. The van der Waals surface area contributed by atoms with Crippen LogP contribution in [-0.2, 0) is 9.53 Å². The zero-order valence-electron chi connectivity index (χ0n) is 21.0. The van der Waals surface area contributed by atoms with E-state index in [1.54, 1.807) is 0 Å². The van der Waals surface area contributed by atoms with Crippen LogP contribution >= 0.6 is 11.3 Å². The average molecular weight is 564 g/mol. The minimum Gasteiger partial charge on any atom is -0.402 e. The van der Waals surface area contributed by atoms with Crippen molar-refractivity contribution in [3.8, 4) is 11.6 Å². The number of morpholine rings is 1. The number of thiazole rings is 1. The van der Waals surface area contributed by atoms with Gasteiger partial charge < -0.3 is 24.7 Å². The molecule has 13 heteroatoms. The highest BCUT2D eigenvalue weighted by molar-refractivity contribution is 7.16. The van der Waals surface area contributed by atoms with Gasteiger partial charge in [-0.3, -0.25) is 4.79 Å². The fourth-order valence-electron chi connectivity index (χ4n) is 4.75. The number of benzodiazepines with no additional fused rings is 1. The van der Waals surface area contributed by atoms with Crippen molar-refractivity contribution in [2.24, 2.45) is 4.99 Å². The van der Waals surface area contributed by atoms with Gasteiger partial charge in [0.2, 0.25) is 6.17 Å². The molecule has 2 fully saturated rings.